The molecule has 0 unspecified atom stereocenters. The van der Waals surface area contributed by atoms with Gasteiger partial charge in [-0.15, -0.1) is 0 Å². The molecule has 1 saturated carbocycles. The van der Waals surface area contributed by atoms with Crippen molar-refractivity contribution in [2.75, 3.05) is 6.54 Å². The molecular weight excluding hydrogens is 226 g/mol. The Morgan fingerprint density at radius 3 is 2.72 bits per heavy atom. The van der Waals surface area contributed by atoms with Crippen LogP contribution >= 0.6 is 0 Å². The summed E-state index contributed by atoms with van der Waals surface area (Å²) in [4.78, 5) is 0. The van der Waals surface area contributed by atoms with Gasteiger partial charge in [0.2, 0.25) is 0 Å². The summed E-state index contributed by atoms with van der Waals surface area (Å²) in [6.45, 7) is 6.86. The molecule has 0 saturated heterocycles. The fraction of sp³-hybridized carbons (Fsp3) is 0.733. The lowest BCUT2D eigenvalue weighted by Crippen LogP contribution is -2.18. The van der Waals surface area contributed by atoms with E-state index in [-0.39, 0.29) is 0 Å². The Bertz CT molecular complexity index is 340. The molecule has 1 aliphatic rings. The highest BCUT2D eigenvalue weighted by Crippen LogP contribution is 2.22. The summed E-state index contributed by atoms with van der Waals surface area (Å²) in [6.07, 6.45) is 5.51. The zero-order chi connectivity index (χ0) is 12.8. The summed E-state index contributed by atoms with van der Waals surface area (Å²) in [5.74, 6) is 2.62. The minimum atomic E-state index is 0.456. The van der Waals surface area contributed by atoms with Crippen molar-refractivity contribution < 1.29 is 9.15 Å². The van der Waals surface area contributed by atoms with E-state index in [2.05, 4.69) is 19.2 Å². The lowest BCUT2D eigenvalue weighted by molar-refractivity contribution is 0.0352. The van der Waals surface area contributed by atoms with Gasteiger partial charge in [-0.3, -0.25) is 0 Å². The fourth-order valence-corrected chi connectivity index (χ4v) is 2.33. The van der Waals surface area contributed by atoms with E-state index in [1.165, 1.54) is 25.7 Å². The Kier molecular flexibility index (Phi) is 5.26. The second-order valence-electron chi connectivity index (χ2n) is 5.61. The molecule has 1 fully saturated rings. The van der Waals surface area contributed by atoms with Crippen molar-refractivity contribution >= 4 is 0 Å². The Hall–Kier alpha value is -0.800. The molecule has 0 radical (unpaired) electrons. The normalized spacial score (nSPS) is 16.8. The van der Waals surface area contributed by atoms with Crippen molar-refractivity contribution in [3.05, 3.63) is 23.7 Å². The summed E-state index contributed by atoms with van der Waals surface area (Å²) in [7, 11) is 0. The number of nitrogens with one attached hydrogen (secondary N) is 1. The van der Waals surface area contributed by atoms with E-state index in [1.807, 2.05) is 12.1 Å². The van der Waals surface area contributed by atoms with Crippen LogP contribution in [0.15, 0.2) is 16.5 Å². The second-order valence-corrected chi connectivity index (χ2v) is 5.61. The molecule has 0 spiro atoms. The van der Waals surface area contributed by atoms with Crippen molar-refractivity contribution in [3.8, 4) is 0 Å². The number of rotatable bonds is 7. The quantitative estimate of drug-likeness (QED) is 0.805. The molecule has 1 aromatic heterocycles. The average molecular weight is 251 g/mol. The minimum Gasteiger partial charge on any atom is -0.462 e. The number of hydrogen-bond acceptors (Lipinski definition) is 3. The first-order valence-electron chi connectivity index (χ1n) is 7.14. The van der Waals surface area contributed by atoms with Gasteiger partial charge in [0.25, 0.3) is 0 Å². The molecule has 1 heterocycles. The van der Waals surface area contributed by atoms with E-state index in [0.29, 0.717) is 18.6 Å². The third kappa shape index (κ3) is 4.46. The standard InChI is InChI=1S/C15H25NO2/c1-12(2)9-16-10-14-7-8-15(18-14)11-17-13-5-3-4-6-13/h7-8,12-13,16H,3-6,9-11H2,1-2H3. The molecule has 0 atom stereocenters. The highest BCUT2D eigenvalue weighted by atomic mass is 16.5. The largest absolute Gasteiger partial charge is 0.462 e. The van der Waals surface area contributed by atoms with Gasteiger partial charge in [-0.25, -0.2) is 0 Å². The van der Waals surface area contributed by atoms with Gasteiger partial charge in [0.15, 0.2) is 0 Å². The molecule has 18 heavy (non-hydrogen) atoms. The van der Waals surface area contributed by atoms with E-state index in [9.17, 15) is 0 Å². The van der Waals surface area contributed by atoms with Gasteiger partial charge in [0.05, 0.1) is 12.6 Å². The lowest BCUT2D eigenvalue weighted by atomic mass is 10.2. The Balaban J connectivity index is 1.68. The summed E-state index contributed by atoms with van der Waals surface area (Å²) in [5, 5.41) is 3.38. The minimum absolute atomic E-state index is 0.456. The van der Waals surface area contributed by atoms with Crippen molar-refractivity contribution in [1.82, 2.24) is 5.32 Å². The Labute approximate surface area is 110 Å². The van der Waals surface area contributed by atoms with Gasteiger partial charge in [-0.1, -0.05) is 26.7 Å². The maximum Gasteiger partial charge on any atom is 0.129 e. The van der Waals surface area contributed by atoms with Crippen LogP contribution in [0.1, 0.15) is 51.1 Å². The number of hydrogen-bond donors (Lipinski definition) is 1. The predicted octanol–water partition coefficient (Wildman–Crippen LogP) is 3.48. The van der Waals surface area contributed by atoms with Crippen LogP contribution in [0.3, 0.4) is 0 Å². The molecule has 3 nitrogen and oxygen atoms in total. The highest BCUT2D eigenvalue weighted by molar-refractivity contribution is 5.06. The highest BCUT2D eigenvalue weighted by Gasteiger charge is 2.15. The first kappa shape index (κ1) is 13.6. The average Bonchev–Trinajstić information content (AvgIpc) is 2.96. The van der Waals surface area contributed by atoms with Crippen molar-refractivity contribution in [1.29, 1.82) is 0 Å². The summed E-state index contributed by atoms with van der Waals surface area (Å²) < 4.78 is 11.6. The molecule has 0 bridgehead atoms. The smallest absolute Gasteiger partial charge is 0.129 e. The van der Waals surface area contributed by atoms with Crippen LogP contribution in [-0.4, -0.2) is 12.6 Å². The molecule has 0 aliphatic heterocycles. The van der Waals surface area contributed by atoms with E-state index >= 15 is 0 Å². The molecule has 102 valence electrons. The van der Waals surface area contributed by atoms with E-state index < -0.39 is 0 Å². The molecule has 1 aromatic rings. The number of ether oxygens (including phenoxy) is 1. The van der Waals surface area contributed by atoms with Crippen LogP contribution in [0.25, 0.3) is 0 Å². The van der Waals surface area contributed by atoms with Crippen molar-refractivity contribution in [2.45, 2.75) is 58.8 Å². The maximum atomic E-state index is 5.83. The van der Waals surface area contributed by atoms with E-state index in [0.717, 1.165) is 24.6 Å². The first-order chi connectivity index (χ1) is 8.74. The first-order valence-corrected chi connectivity index (χ1v) is 7.14. The summed E-state index contributed by atoms with van der Waals surface area (Å²) in [5.41, 5.74) is 0. The molecule has 0 amide bonds. The van der Waals surface area contributed by atoms with E-state index in [1.54, 1.807) is 0 Å². The fourth-order valence-electron chi connectivity index (χ4n) is 2.33. The SMILES string of the molecule is CC(C)CNCc1ccc(COC2CCCC2)o1. The van der Waals surface area contributed by atoms with Gasteiger partial charge in [-0.05, 0) is 37.4 Å². The van der Waals surface area contributed by atoms with Gasteiger partial charge in [0.1, 0.15) is 18.1 Å². The molecular formula is C15H25NO2. The van der Waals surface area contributed by atoms with Crippen LogP contribution in [-0.2, 0) is 17.9 Å². The van der Waals surface area contributed by atoms with E-state index in [4.69, 9.17) is 9.15 Å². The Morgan fingerprint density at radius 1 is 1.28 bits per heavy atom. The molecule has 2 rings (SSSR count). The van der Waals surface area contributed by atoms with Crippen LogP contribution in [0.2, 0.25) is 0 Å². The van der Waals surface area contributed by atoms with Crippen molar-refractivity contribution in [3.63, 3.8) is 0 Å². The Morgan fingerprint density at radius 2 is 2.00 bits per heavy atom. The zero-order valence-electron chi connectivity index (χ0n) is 11.6. The van der Waals surface area contributed by atoms with Crippen LogP contribution in [0, 0.1) is 5.92 Å². The van der Waals surface area contributed by atoms with Crippen LogP contribution < -0.4 is 5.32 Å². The lowest BCUT2D eigenvalue weighted by Gasteiger charge is -2.09. The predicted molar refractivity (Wildman–Crippen MR) is 72.3 cm³/mol. The van der Waals surface area contributed by atoms with Crippen LogP contribution in [0.4, 0.5) is 0 Å². The molecule has 3 heteroatoms. The summed E-state index contributed by atoms with van der Waals surface area (Å²) in [6, 6.07) is 4.07. The third-order valence-electron chi connectivity index (χ3n) is 3.33. The molecule has 0 aromatic carbocycles. The second kappa shape index (κ2) is 6.95. The summed E-state index contributed by atoms with van der Waals surface area (Å²) >= 11 is 0. The van der Waals surface area contributed by atoms with Gasteiger partial charge >= 0.3 is 0 Å². The third-order valence-corrected chi connectivity index (χ3v) is 3.33. The topological polar surface area (TPSA) is 34.4 Å². The van der Waals surface area contributed by atoms with Gasteiger partial charge in [-0.2, -0.15) is 0 Å². The maximum absolute atomic E-state index is 5.83. The number of furan rings is 1. The van der Waals surface area contributed by atoms with Crippen molar-refractivity contribution in [2.24, 2.45) is 5.92 Å². The molecule has 1 N–H and O–H groups in total. The molecule has 1 aliphatic carbocycles. The van der Waals surface area contributed by atoms with Gasteiger partial charge < -0.3 is 14.5 Å². The monoisotopic (exact) mass is 251 g/mol. The zero-order valence-corrected chi connectivity index (χ0v) is 11.6. The van der Waals surface area contributed by atoms with Gasteiger partial charge in [0, 0.05) is 0 Å². The van der Waals surface area contributed by atoms with Crippen LogP contribution in [0.5, 0.6) is 0 Å².